The Morgan fingerprint density at radius 2 is 0.694 bits per heavy atom. The van der Waals surface area contributed by atoms with E-state index in [1.807, 2.05) is 138 Å². The standard InChI is InChI=1S/C16H24FN3.C15H22FN3O.C14H19ClFN3O.C14H22FN2O.C14H22FN2.C13H18FN3.C12H15BrFNO.C12H16FN3/c1-14(18)19-10-12-20(13-11-19)16-7-5-15(6-8-16)4-2-3-9-17;1-13(17)18-7-9-19(10-8-18)15-4-2-14(3-5-15)12-20-11-6-16;1-11(17)18-5-7-19(8-6-18)12-2-3-14(13(15)10-12)20-9-4-16;1-17(2)10-8-16(9-11-17)13-3-5-14(6-4-13)18-12-7-15;1-3-10-17(2)11-8-16(9-12-17)14-6-4-13(15)5-7-14;1-11(15)16-5-7-17(8-6-16)13-4-2-3-12(9-13)10-14;1-9(15)2-3-10-4-5-12(11(13)8-10)16-7-6-14;1-10(14)15-6-8-16(9-7-15)12-4-2-11(13)3-5-12/h5-8,18H,2-4,9-13H2,1H3;2-5,17H,6-12H2,1H3;2-3,10,17H,4-9H2,1H3;3-6H,7-12H2,1-2H3;4-7H,3,8-12H2,1-2H3;2-4,9,15H,5-8,10H2,1H3;4-5,8,15H,2-3,6-7H2,1H3;2-5,14H,6-9H2,1H3/q;;;2*+1;;;. The van der Waals surface area contributed by atoms with Crippen LogP contribution < -0.4 is 48.5 Å². The van der Waals surface area contributed by atoms with E-state index in [9.17, 15) is 35.1 Å². The topological polar surface area (TPSA) is 219 Å². The summed E-state index contributed by atoms with van der Waals surface area (Å²) in [5.74, 6) is 4.73. The smallest absolute Gasteiger partial charge is 0.138 e. The number of alkyl halides is 6. The fourth-order valence-electron chi connectivity index (χ4n) is 17.4. The second kappa shape index (κ2) is 63.3. The van der Waals surface area contributed by atoms with Crippen molar-refractivity contribution in [2.45, 2.75) is 100 Å². The van der Waals surface area contributed by atoms with Crippen LogP contribution in [0.15, 0.2) is 186 Å². The lowest BCUT2D eigenvalue weighted by Gasteiger charge is -2.42. The number of quaternary nitrogens is 2. The predicted octanol–water partition coefficient (Wildman–Crippen LogP) is 20.6. The van der Waals surface area contributed by atoms with Crippen molar-refractivity contribution in [3.63, 3.8) is 0 Å². The highest BCUT2D eigenvalue weighted by atomic mass is 79.9. The third kappa shape index (κ3) is 41.8. The minimum Gasteiger partial charge on any atom is -0.491 e. The summed E-state index contributed by atoms with van der Waals surface area (Å²) in [6.07, 6.45) is 5.40. The van der Waals surface area contributed by atoms with E-state index in [1.54, 1.807) is 25.1 Å². The van der Waals surface area contributed by atoms with Gasteiger partial charge in [0.1, 0.15) is 82.1 Å². The van der Waals surface area contributed by atoms with Gasteiger partial charge in [0.25, 0.3) is 0 Å². The molecule has 0 aromatic heterocycles. The maximum absolute atomic E-state index is 12.9. The van der Waals surface area contributed by atoms with Gasteiger partial charge in [-0.05, 0) is 258 Å². The lowest BCUT2D eigenvalue weighted by molar-refractivity contribution is -0.910. The molecule has 6 N–H and O–H groups in total. The Balaban J connectivity index is 0.000000201. The molecule has 24 nitrogen and oxygen atoms in total. The van der Waals surface area contributed by atoms with E-state index in [-0.39, 0.29) is 44.7 Å². The van der Waals surface area contributed by atoms with Gasteiger partial charge in [-0.2, -0.15) is 0 Å². The molecule has 7 saturated heterocycles. The summed E-state index contributed by atoms with van der Waals surface area (Å²) in [5, 5.41) is 45.9. The maximum atomic E-state index is 12.9. The van der Waals surface area contributed by atoms with E-state index < -0.39 is 33.4 Å². The van der Waals surface area contributed by atoms with Gasteiger partial charge in [-0.25, -0.2) is 30.7 Å². The summed E-state index contributed by atoms with van der Waals surface area (Å²) in [6.45, 7) is 39.7. The molecule has 0 radical (unpaired) electrons. The Kier molecular flexibility index (Phi) is 51.9. The van der Waals surface area contributed by atoms with Crippen molar-refractivity contribution in [3.05, 3.63) is 225 Å². The molecule has 0 bridgehead atoms. The molecule has 34 heteroatoms. The van der Waals surface area contributed by atoms with Crippen LogP contribution in [-0.2, 0) is 30.9 Å². The number of piperazine rings is 7. The molecule has 7 fully saturated rings. The van der Waals surface area contributed by atoms with Crippen molar-refractivity contribution in [1.82, 2.24) is 24.5 Å². The highest BCUT2D eigenvalue weighted by molar-refractivity contribution is 9.10. The first-order valence-electron chi connectivity index (χ1n) is 50.5. The number of halogens is 10. The summed E-state index contributed by atoms with van der Waals surface area (Å²) in [5.41, 5.74) is 12.9. The van der Waals surface area contributed by atoms with Crippen LogP contribution in [0.3, 0.4) is 0 Å². The molecule has 0 amide bonds. The summed E-state index contributed by atoms with van der Waals surface area (Å²) in [6, 6.07) is 57.2. The van der Waals surface area contributed by atoms with Gasteiger partial charge in [-0.1, -0.05) is 61.0 Å². The van der Waals surface area contributed by atoms with Crippen molar-refractivity contribution in [3.8, 4) is 17.2 Å². The van der Waals surface area contributed by atoms with Gasteiger partial charge >= 0.3 is 0 Å². The molecule has 15 rings (SSSR count). The Hall–Kier alpha value is -11.1. The highest BCUT2D eigenvalue weighted by Gasteiger charge is 2.30. The van der Waals surface area contributed by atoms with Gasteiger partial charge in [0.2, 0.25) is 0 Å². The van der Waals surface area contributed by atoms with Crippen LogP contribution >= 0.6 is 27.5 Å². The van der Waals surface area contributed by atoms with Crippen molar-refractivity contribution >= 4 is 102 Å². The van der Waals surface area contributed by atoms with Crippen LogP contribution in [0.2, 0.25) is 5.02 Å². The van der Waals surface area contributed by atoms with Crippen LogP contribution in [0, 0.1) is 44.1 Å². The van der Waals surface area contributed by atoms with Crippen LogP contribution in [0.5, 0.6) is 17.2 Å². The molecule has 7 aliphatic heterocycles. The quantitative estimate of drug-likeness (QED) is 0.00811. The molecule has 8 aromatic rings. The Morgan fingerprint density at radius 1 is 0.347 bits per heavy atom. The zero-order chi connectivity index (χ0) is 104. The Bertz CT molecular complexity index is 4990. The monoisotopic (exact) mass is 2090 g/mol. The molecule has 7 heterocycles. The Labute approximate surface area is 865 Å². The normalized spacial score (nSPS) is 15.9. The first kappa shape index (κ1) is 118. The number of aryl methyl sites for hydroxylation is 2. The number of amidine groups is 5. The largest absolute Gasteiger partial charge is 0.491 e. The van der Waals surface area contributed by atoms with Crippen LogP contribution in [0.25, 0.3) is 0 Å². The molecular formula is C110H158BrClF8N20O4+2. The van der Waals surface area contributed by atoms with Gasteiger partial charge in [-0.3, -0.25) is 31.4 Å². The number of hydrogen-bond acceptors (Lipinski definition) is 17. The zero-order valence-corrected chi connectivity index (χ0v) is 88.9. The summed E-state index contributed by atoms with van der Waals surface area (Å²) in [7, 11) is 6.88. The first-order chi connectivity index (χ1) is 69.2. The lowest BCUT2D eigenvalue weighted by atomic mass is 10.1. The number of likely N-dealkylation sites (N-methyl/N-ethyl adjacent to an activating group) is 2. The van der Waals surface area contributed by atoms with Crippen molar-refractivity contribution in [2.24, 2.45) is 0 Å². The molecule has 144 heavy (non-hydrogen) atoms. The van der Waals surface area contributed by atoms with Crippen LogP contribution in [-0.4, -0.2) is 339 Å². The highest BCUT2D eigenvalue weighted by Crippen LogP contribution is 2.33. The molecule has 0 atom stereocenters. The van der Waals surface area contributed by atoms with Crippen molar-refractivity contribution in [2.75, 3.05) is 305 Å². The van der Waals surface area contributed by atoms with E-state index in [1.165, 1.54) is 78.4 Å². The number of nitrogens with zero attached hydrogens (tertiary/aromatic N) is 14. The number of anilines is 7. The van der Waals surface area contributed by atoms with E-state index in [4.69, 9.17) is 63.0 Å². The minimum absolute atomic E-state index is 0.0242. The molecule has 0 saturated carbocycles. The first-order valence-corrected chi connectivity index (χ1v) is 51.7. The average Bonchev–Trinajstić information content (AvgIpc) is 0.776. The molecule has 8 aromatic carbocycles. The predicted molar refractivity (Wildman–Crippen MR) is 583 cm³/mol. The molecule has 0 unspecified atom stereocenters. The SMILES string of the molecule is CC(=N)CCc1ccc(OCCF)c(Br)c1.CC(=N)N1CCN(c2ccc(CCCCF)cc2)CC1.CC(=N)N1CCN(c2ccc(COCCF)cc2)CC1.CC(=N)N1CCN(c2ccc(F)cc2)CC1.CC(=N)N1CCN(c2ccc(OCCF)c(Cl)c2)CC1.CC(=N)N1CCN(c2cccc(CF)c2)CC1.CCC[N+]1(C)CCN(c2ccc(F)cc2)CC1.C[N+]1(C)CCN(c2ccc(OCCF)cc2)CC1. The van der Waals surface area contributed by atoms with E-state index >= 15 is 0 Å². The van der Waals surface area contributed by atoms with Gasteiger partial charge in [0.05, 0.1) is 139 Å². The second-order valence-corrected chi connectivity index (χ2v) is 38.9. The molecule has 0 spiro atoms. The van der Waals surface area contributed by atoms with Gasteiger partial charge in [-0.15, -0.1) is 0 Å². The third-order valence-electron chi connectivity index (χ3n) is 26.3. The van der Waals surface area contributed by atoms with E-state index in [0.717, 1.165) is 237 Å². The molecule has 0 aliphatic carbocycles. The minimum atomic E-state index is -0.525. The zero-order valence-electron chi connectivity index (χ0n) is 86.5. The van der Waals surface area contributed by atoms with Crippen LogP contribution in [0.1, 0.15) is 96.4 Å². The second-order valence-electron chi connectivity index (χ2n) is 37.7. The fourth-order valence-corrected chi connectivity index (χ4v) is 18.1. The molecular weight excluding hydrogens is 1930 g/mol. The van der Waals surface area contributed by atoms with Crippen LogP contribution in [0.4, 0.5) is 74.9 Å². The van der Waals surface area contributed by atoms with Crippen molar-refractivity contribution < 1.29 is 63.0 Å². The number of nitrogens with one attached hydrogen (secondary N) is 6. The Morgan fingerprint density at radius 3 is 1.07 bits per heavy atom. The van der Waals surface area contributed by atoms with Crippen molar-refractivity contribution in [1.29, 1.82) is 32.5 Å². The van der Waals surface area contributed by atoms with Gasteiger partial charge in [0, 0.05) is 176 Å². The number of rotatable bonds is 30. The summed E-state index contributed by atoms with van der Waals surface area (Å²) in [4.78, 5) is 26.5. The van der Waals surface area contributed by atoms with Gasteiger partial charge < -0.3 is 92.1 Å². The maximum Gasteiger partial charge on any atom is 0.138 e. The molecule has 790 valence electrons. The number of unbranched alkanes of at least 4 members (excludes halogenated alkanes) is 1. The molecule has 7 aliphatic rings. The fraction of sp³-hybridized carbons (Fsp3) is 0.509. The summed E-state index contributed by atoms with van der Waals surface area (Å²) < 4.78 is 122. The van der Waals surface area contributed by atoms with E-state index in [0.29, 0.717) is 64.4 Å². The number of benzene rings is 8. The summed E-state index contributed by atoms with van der Waals surface area (Å²) >= 11 is 9.53. The average molecular weight is 2090 g/mol. The number of hydrogen-bond donors (Lipinski definition) is 6. The number of ether oxygens (including phenoxy) is 4. The van der Waals surface area contributed by atoms with Gasteiger partial charge in [0.15, 0.2) is 0 Å². The third-order valence-corrected chi connectivity index (χ3v) is 27.3. The van der Waals surface area contributed by atoms with E-state index in [2.05, 4.69) is 151 Å². The lowest BCUT2D eigenvalue weighted by Crippen LogP contribution is -2.57.